The summed E-state index contributed by atoms with van der Waals surface area (Å²) >= 11 is 0. The Morgan fingerprint density at radius 2 is 2.00 bits per heavy atom. The first-order valence-corrected chi connectivity index (χ1v) is 9.55. The summed E-state index contributed by atoms with van der Waals surface area (Å²) in [6, 6.07) is 15.3. The summed E-state index contributed by atoms with van der Waals surface area (Å²) in [5.74, 6) is 1.16. The average Bonchev–Trinajstić information content (AvgIpc) is 3.15. The number of Topliss-reactive ketones (excluding diaryl/α,β-unsaturated/α-hetero) is 1. The van der Waals surface area contributed by atoms with Crippen LogP contribution in [0.3, 0.4) is 0 Å². The number of guanidine groups is 1. The average molecular weight is 388 g/mol. The summed E-state index contributed by atoms with van der Waals surface area (Å²) in [4.78, 5) is 21.9. The molecule has 1 aliphatic carbocycles. The molecule has 2 aromatic carbocycles. The van der Waals surface area contributed by atoms with Gasteiger partial charge in [0.2, 0.25) is 5.96 Å². The van der Waals surface area contributed by atoms with E-state index in [0.29, 0.717) is 24.0 Å². The topological polar surface area (TPSA) is 88.8 Å². The number of fused-ring (bicyclic) bond motifs is 2. The predicted octanol–water partition coefficient (Wildman–Crippen LogP) is 3.81. The zero-order chi connectivity index (χ0) is 19.8. The van der Waals surface area contributed by atoms with E-state index in [0.717, 1.165) is 28.9 Å². The van der Waals surface area contributed by atoms with Gasteiger partial charge in [0, 0.05) is 12.1 Å². The van der Waals surface area contributed by atoms with Gasteiger partial charge in [-0.1, -0.05) is 30.3 Å². The van der Waals surface area contributed by atoms with Crippen molar-refractivity contribution in [2.24, 2.45) is 10.9 Å². The Kier molecular flexibility index (Phi) is 4.27. The smallest absolute Gasteiger partial charge is 0.302 e. The lowest BCUT2D eigenvalue weighted by atomic mass is 9.81. The largest absolute Gasteiger partial charge is 0.497 e. The number of carbonyl (C=O) groups excluding carboxylic acids is 1. The molecule has 1 aromatic heterocycles. The number of benzene rings is 2. The van der Waals surface area contributed by atoms with Crippen LogP contribution < -0.4 is 15.4 Å². The second-order valence-corrected chi connectivity index (χ2v) is 7.07. The van der Waals surface area contributed by atoms with Gasteiger partial charge in [0.1, 0.15) is 17.0 Å². The van der Waals surface area contributed by atoms with Crippen LogP contribution in [-0.4, -0.2) is 23.8 Å². The molecule has 0 saturated heterocycles. The fourth-order valence-electron chi connectivity index (χ4n) is 3.84. The van der Waals surface area contributed by atoms with Crippen LogP contribution in [0.15, 0.2) is 69.7 Å². The van der Waals surface area contributed by atoms with E-state index in [1.165, 1.54) is 0 Å². The molecule has 0 amide bonds. The standard InChI is InChI=1S/C22H20N4O3/c1-28-14-11-9-13(10-12-14)20-19-16(6-4-7-17(19)27)23-21(25-20)26-22-24-15-5-2-3-8-18(15)29-22/h2-3,5-6,8-12,19-20H,4,7H2,1H3,(H2,23,24,25,26)/t19-,20-/m1/s1. The zero-order valence-electron chi connectivity index (χ0n) is 15.9. The van der Waals surface area contributed by atoms with Crippen LogP contribution in [0, 0.1) is 5.92 Å². The zero-order valence-corrected chi connectivity index (χ0v) is 15.9. The monoisotopic (exact) mass is 388 g/mol. The molecule has 2 N–H and O–H groups in total. The van der Waals surface area contributed by atoms with Crippen LogP contribution in [0.25, 0.3) is 11.1 Å². The Bertz CT molecular complexity index is 1100. The molecule has 146 valence electrons. The van der Waals surface area contributed by atoms with Crippen molar-refractivity contribution >= 4 is 28.9 Å². The first kappa shape index (κ1) is 17.5. The van der Waals surface area contributed by atoms with Gasteiger partial charge in [0.25, 0.3) is 0 Å². The maximum atomic E-state index is 12.7. The molecule has 2 atom stereocenters. The molecule has 7 heteroatoms. The first-order chi connectivity index (χ1) is 14.2. The van der Waals surface area contributed by atoms with E-state index < -0.39 is 0 Å². The fourth-order valence-corrected chi connectivity index (χ4v) is 3.84. The number of hydrogen-bond acceptors (Lipinski definition) is 7. The molecule has 5 rings (SSSR count). The van der Waals surface area contributed by atoms with Gasteiger partial charge in [0.05, 0.1) is 19.1 Å². The lowest BCUT2D eigenvalue weighted by molar-refractivity contribution is -0.122. The Hall–Kier alpha value is -3.61. The molecule has 0 saturated carbocycles. The summed E-state index contributed by atoms with van der Waals surface area (Å²) in [5.41, 5.74) is 3.29. The van der Waals surface area contributed by atoms with Gasteiger partial charge in [-0.3, -0.25) is 10.1 Å². The van der Waals surface area contributed by atoms with Gasteiger partial charge >= 0.3 is 6.01 Å². The van der Waals surface area contributed by atoms with Gasteiger partial charge in [-0.05, 0) is 36.2 Å². The van der Waals surface area contributed by atoms with Gasteiger partial charge < -0.3 is 14.5 Å². The molecular formula is C22H20N4O3. The van der Waals surface area contributed by atoms with Crippen LogP contribution >= 0.6 is 0 Å². The number of aromatic nitrogens is 1. The number of allylic oxidation sites excluding steroid dienone is 1. The van der Waals surface area contributed by atoms with E-state index in [1.807, 2.05) is 48.5 Å². The molecular weight excluding hydrogens is 368 g/mol. The number of oxazole rings is 1. The molecule has 0 fully saturated rings. The number of methoxy groups -OCH3 is 1. The fraction of sp³-hybridized carbons (Fsp3) is 0.227. The van der Waals surface area contributed by atoms with Gasteiger partial charge in [-0.15, -0.1) is 0 Å². The molecule has 2 aliphatic rings. The molecule has 7 nitrogen and oxygen atoms in total. The highest BCUT2D eigenvalue weighted by molar-refractivity contribution is 5.97. The van der Waals surface area contributed by atoms with Crippen LogP contribution in [0.5, 0.6) is 5.75 Å². The summed E-state index contributed by atoms with van der Waals surface area (Å²) in [6.45, 7) is 0. The number of rotatable bonds is 3. The number of aliphatic imine (C=N–C) groups is 1. The van der Waals surface area contributed by atoms with Crippen molar-refractivity contribution in [2.75, 3.05) is 12.4 Å². The van der Waals surface area contributed by atoms with E-state index in [-0.39, 0.29) is 17.7 Å². The van der Waals surface area contributed by atoms with E-state index >= 15 is 0 Å². The molecule has 0 bridgehead atoms. The summed E-state index contributed by atoms with van der Waals surface area (Å²) < 4.78 is 11.0. The van der Waals surface area contributed by atoms with Gasteiger partial charge in [-0.2, -0.15) is 4.98 Å². The van der Waals surface area contributed by atoms with Gasteiger partial charge in [0.15, 0.2) is 5.58 Å². The third-order valence-corrected chi connectivity index (χ3v) is 5.26. The normalized spacial score (nSPS) is 21.1. The van der Waals surface area contributed by atoms with Gasteiger partial charge in [-0.25, -0.2) is 4.99 Å². The van der Waals surface area contributed by atoms with Crippen molar-refractivity contribution in [3.63, 3.8) is 0 Å². The predicted molar refractivity (Wildman–Crippen MR) is 110 cm³/mol. The third kappa shape index (κ3) is 3.24. The minimum absolute atomic E-state index is 0.195. The molecule has 2 heterocycles. The summed E-state index contributed by atoms with van der Waals surface area (Å²) in [7, 11) is 1.63. The number of nitrogens with one attached hydrogen (secondary N) is 2. The van der Waals surface area contributed by atoms with E-state index in [9.17, 15) is 4.79 Å². The van der Waals surface area contributed by atoms with E-state index in [1.54, 1.807) is 7.11 Å². The van der Waals surface area contributed by atoms with Crippen LogP contribution in [0.1, 0.15) is 24.4 Å². The second kappa shape index (κ2) is 7.09. The number of ketones is 1. The van der Waals surface area contributed by atoms with Crippen LogP contribution in [0.2, 0.25) is 0 Å². The Morgan fingerprint density at radius 1 is 1.17 bits per heavy atom. The van der Waals surface area contributed by atoms with E-state index in [4.69, 9.17) is 14.1 Å². The Labute approximate surface area is 167 Å². The Balaban J connectivity index is 1.51. The number of anilines is 1. The number of nitrogens with zero attached hydrogens (tertiary/aromatic N) is 2. The number of para-hydroxylation sites is 2. The number of hydrogen-bond donors (Lipinski definition) is 2. The minimum atomic E-state index is -0.326. The highest BCUT2D eigenvalue weighted by Crippen LogP contribution is 2.38. The number of carbonyl (C=O) groups is 1. The van der Waals surface area contributed by atoms with Crippen LogP contribution in [0.4, 0.5) is 6.01 Å². The maximum absolute atomic E-state index is 12.7. The van der Waals surface area contributed by atoms with Crippen molar-refractivity contribution in [1.82, 2.24) is 10.3 Å². The number of ether oxygens (including phenoxy) is 1. The maximum Gasteiger partial charge on any atom is 0.302 e. The minimum Gasteiger partial charge on any atom is -0.497 e. The molecule has 0 unspecified atom stereocenters. The SMILES string of the molecule is COc1ccc([C@H]2N=C(Nc3nc4ccccc4o3)NC3=CCCC(=O)[C@@H]32)cc1. The van der Waals surface area contributed by atoms with Crippen molar-refractivity contribution in [3.05, 3.63) is 65.9 Å². The molecule has 0 spiro atoms. The third-order valence-electron chi connectivity index (χ3n) is 5.26. The lowest BCUT2D eigenvalue weighted by Gasteiger charge is -2.34. The summed E-state index contributed by atoms with van der Waals surface area (Å²) in [5, 5.41) is 6.38. The quantitative estimate of drug-likeness (QED) is 0.709. The molecule has 1 aliphatic heterocycles. The molecule has 3 aromatic rings. The molecule has 0 radical (unpaired) electrons. The second-order valence-electron chi connectivity index (χ2n) is 7.07. The first-order valence-electron chi connectivity index (χ1n) is 9.55. The lowest BCUT2D eigenvalue weighted by Crippen LogP contribution is -2.43. The van der Waals surface area contributed by atoms with Crippen LogP contribution in [-0.2, 0) is 4.79 Å². The summed E-state index contributed by atoms with van der Waals surface area (Å²) in [6.07, 6.45) is 3.33. The highest BCUT2D eigenvalue weighted by Gasteiger charge is 2.38. The Morgan fingerprint density at radius 3 is 2.79 bits per heavy atom. The van der Waals surface area contributed by atoms with Crippen molar-refractivity contribution in [3.8, 4) is 5.75 Å². The molecule has 29 heavy (non-hydrogen) atoms. The van der Waals surface area contributed by atoms with Crippen molar-refractivity contribution in [1.29, 1.82) is 0 Å². The van der Waals surface area contributed by atoms with Crippen molar-refractivity contribution < 1.29 is 13.9 Å². The van der Waals surface area contributed by atoms with E-state index in [2.05, 4.69) is 21.7 Å². The van der Waals surface area contributed by atoms with Crippen molar-refractivity contribution in [2.45, 2.75) is 18.9 Å². The highest BCUT2D eigenvalue weighted by atomic mass is 16.5.